The summed E-state index contributed by atoms with van der Waals surface area (Å²) in [7, 11) is 0. The minimum absolute atomic E-state index is 0.487. The zero-order valence-electron chi connectivity index (χ0n) is 9.83. The number of nitrogens with zero attached hydrogens (tertiary/aromatic N) is 2. The van der Waals surface area contributed by atoms with Gasteiger partial charge in [-0.1, -0.05) is 34.6 Å². The Morgan fingerprint density at radius 2 is 1.71 bits per heavy atom. The molecule has 14 heavy (non-hydrogen) atoms. The highest BCUT2D eigenvalue weighted by Crippen LogP contribution is 2.26. The molecule has 0 spiro atoms. The second kappa shape index (κ2) is 4.54. The monoisotopic (exact) mass is 192 g/mol. The highest BCUT2D eigenvalue weighted by molar-refractivity contribution is 5.29. The van der Waals surface area contributed by atoms with Gasteiger partial charge in [-0.15, -0.1) is 0 Å². The lowest BCUT2D eigenvalue weighted by Crippen LogP contribution is -2.07. The van der Waals surface area contributed by atoms with Crippen molar-refractivity contribution >= 4 is 0 Å². The molecule has 2 heteroatoms. The first-order valence-corrected chi connectivity index (χ1v) is 5.41. The third-order valence-corrected chi connectivity index (χ3v) is 2.46. The molecule has 0 aliphatic heterocycles. The summed E-state index contributed by atoms with van der Waals surface area (Å²) in [4.78, 5) is 8.75. The molecule has 0 aliphatic carbocycles. The topological polar surface area (TPSA) is 25.8 Å². The Balaban J connectivity index is 3.28. The van der Waals surface area contributed by atoms with E-state index < -0.39 is 0 Å². The van der Waals surface area contributed by atoms with Crippen LogP contribution in [0.3, 0.4) is 0 Å². The molecule has 0 aliphatic rings. The molecule has 0 aromatic carbocycles. The van der Waals surface area contributed by atoms with E-state index >= 15 is 0 Å². The Hall–Kier alpha value is -0.920. The number of aromatic nitrogens is 2. The molecule has 0 amide bonds. The van der Waals surface area contributed by atoms with Crippen LogP contribution >= 0.6 is 0 Å². The van der Waals surface area contributed by atoms with Gasteiger partial charge in [-0.25, -0.2) is 9.97 Å². The Bertz CT molecular complexity index is 303. The summed E-state index contributed by atoms with van der Waals surface area (Å²) in [6.45, 7) is 11.0. The van der Waals surface area contributed by atoms with Crippen molar-refractivity contribution in [3.05, 3.63) is 23.3 Å². The number of rotatable bonds is 3. The molecule has 0 radical (unpaired) electrons. The van der Waals surface area contributed by atoms with Crippen molar-refractivity contribution in [2.45, 2.75) is 52.9 Å². The average Bonchev–Trinajstić information content (AvgIpc) is 2.16. The van der Waals surface area contributed by atoms with Gasteiger partial charge >= 0.3 is 0 Å². The maximum Gasteiger partial charge on any atom is 0.115 e. The Morgan fingerprint density at radius 3 is 2.14 bits per heavy atom. The van der Waals surface area contributed by atoms with E-state index in [4.69, 9.17) is 0 Å². The van der Waals surface area contributed by atoms with E-state index in [-0.39, 0.29) is 0 Å². The molecule has 0 unspecified atom stereocenters. The summed E-state index contributed by atoms with van der Waals surface area (Å²) in [6, 6.07) is 0. The van der Waals surface area contributed by atoms with E-state index in [9.17, 15) is 0 Å². The van der Waals surface area contributed by atoms with Crippen molar-refractivity contribution in [3.8, 4) is 0 Å². The summed E-state index contributed by atoms with van der Waals surface area (Å²) in [5, 5.41) is 0. The predicted octanol–water partition coefficient (Wildman–Crippen LogP) is 3.29. The standard InChI is InChI=1S/C12H20N2/c1-6-10-11(8(2)3)12(9(4)5)14-7-13-10/h7-9H,6H2,1-5H3. The molecule has 0 saturated carbocycles. The van der Waals surface area contributed by atoms with Crippen molar-refractivity contribution in [1.29, 1.82) is 0 Å². The van der Waals surface area contributed by atoms with Gasteiger partial charge in [0, 0.05) is 11.4 Å². The van der Waals surface area contributed by atoms with Crippen molar-refractivity contribution in [2.75, 3.05) is 0 Å². The zero-order valence-corrected chi connectivity index (χ0v) is 9.83. The van der Waals surface area contributed by atoms with Crippen LogP contribution in [0.15, 0.2) is 6.33 Å². The third kappa shape index (κ3) is 2.11. The highest BCUT2D eigenvalue weighted by atomic mass is 14.8. The van der Waals surface area contributed by atoms with Crippen LogP contribution in [0, 0.1) is 0 Å². The predicted molar refractivity (Wildman–Crippen MR) is 59.6 cm³/mol. The summed E-state index contributed by atoms with van der Waals surface area (Å²) in [5.41, 5.74) is 3.77. The van der Waals surface area contributed by atoms with Crippen LogP contribution in [0.1, 0.15) is 63.4 Å². The summed E-state index contributed by atoms with van der Waals surface area (Å²) >= 11 is 0. The first-order chi connectivity index (χ1) is 6.57. The minimum Gasteiger partial charge on any atom is -0.241 e. The maximum atomic E-state index is 4.40. The lowest BCUT2D eigenvalue weighted by atomic mass is 9.93. The lowest BCUT2D eigenvalue weighted by Gasteiger charge is -2.17. The van der Waals surface area contributed by atoms with E-state index in [2.05, 4.69) is 44.6 Å². The molecule has 78 valence electrons. The number of aryl methyl sites for hydroxylation is 1. The Morgan fingerprint density at radius 1 is 1.07 bits per heavy atom. The third-order valence-electron chi connectivity index (χ3n) is 2.46. The van der Waals surface area contributed by atoms with Crippen molar-refractivity contribution < 1.29 is 0 Å². The molecular weight excluding hydrogens is 172 g/mol. The molecule has 1 heterocycles. The molecule has 1 aromatic rings. The van der Waals surface area contributed by atoms with Crippen LogP contribution in [-0.2, 0) is 6.42 Å². The minimum atomic E-state index is 0.487. The normalized spacial score (nSPS) is 11.4. The fourth-order valence-corrected chi connectivity index (χ4v) is 1.82. The Labute approximate surface area is 86.8 Å². The van der Waals surface area contributed by atoms with E-state index in [0.29, 0.717) is 11.8 Å². The number of hydrogen-bond donors (Lipinski definition) is 0. The van der Waals surface area contributed by atoms with Crippen LogP contribution in [0.4, 0.5) is 0 Å². The van der Waals surface area contributed by atoms with Gasteiger partial charge in [-0.2, -0.15) is 0 Å². The second-order valence-electron chi connectivity index (χ2n) is 4.28. The SMILES string of the molecule is CCc1ncnc(C(C)C)c1C(C)C. The van der Waals surface area contributed by atoms with Gasteiger partial charge in [0.15, 0.2) is 0 Å². The Kier molecular flexibility index (Phi) is 3.62. The second-order valence-corrected chi connectivity index (χ2v) is 4.28. The highest BCUT2D eigenvalue weighted by Gasteiger charge is 2.15. The smallest absolute Gasteiger partial charge is 0.115 e. The summed E-state index contributed by atoms with van der Waals surface area (Å²) in [6.07, 6.45) is 2.69. The van der Waals surface area contributed by atoms with Gasteiger partial charge in [0.05, 0.1) is 0 Å². The molecular formula is C12H20N2. The van der Waals surface area contributed by atoms with Crippen molar-refractivity contribution in [2.24, 2.45) is 0 Å². The average molecular weight is 192 g/mol. The van der Waals surface area contributed by atoms with E-state index in [1.54, 1.807) is 6.33 Å². The lowest BCUT2D eigenvalue weighted by molar-refractivity contribution is 0.726. The van der Waals surface area contributed by atoms with E-state index in [1.165, 1.54) is 17.0 Å². The van der Waals surface area contributed by atoms with Crippen LogP contribution in [0.2, 0.25) is 0 Å². The van der Waals surface area contributed by atoms with Crippen LogP contribution < -0.4 is 0 Å². The molecule has 0 bridgehead atoms. The maximum absolute atomic E-state index is 4.40. The van der Waals surface area contributed by atoms with Gasteiger partial charge in [0.2, 0.25) is 0 Å². The van der Waals surface area contributed by atoms with E-state index in [0.717, 1.165) is 6.42 Å². The van der Waals surface area contributed by atoms with Crippen LogP contribution in [-0.4, -0.2) is 9.97 Å². The largest absolute Gasteiger partial charge is 0.241 e. The molecule has 0 fully saturated rings. The van der Waals surface area contributed by atoms with Gasteiger partial charge in [0.25, 0.3) is 0 Å². The van der Waals surface area contributed by atoms with Gasteiger partial charge in [0.1, 0.15) is 6.33 Å². The van der Waals surface area contributed by atoms with E-state index in [1.807, 2.05) is 0 Å². The zero-order chi connectivity index (χ0) is 10.7. The summed E-state index contributed by atoms with van der Waals surface area (Å²) in [5.74, 6) is 1.00. The molecule has 1 rings (SSSR count). The van der Waals surface area contributed by atoms with Gasteiger partial charge < -0.3 is 0 Å². The molecule has 1 aromatic heterocycles. The first-order valence-electron chi connectivity index (χ1n) is 5.41. The quantitative estimate of drug-likeness (QED) is 0.734. The molecule has 2 nitrogen and oxygen atoms in total. The molecule has 0 N–H and O–H groups in total. The van der Waals surface area contributed by atoms with Crippen molar-refractivity contribution in [3.63, 3.8) is 0 Å². The van der Waals surface area contributed by atoms with Crippen LogP contribution in [0.25, 0.3) is 0 Å². The van der Waals surface area contributed by atoms with Crippen LogP contribution in [0.5, 0.6) is 0 Å². The molecule has 0 atom stereocenters. The van der Waals surface area contributed by atoms with Gasteiger partial charge in [-0.05, 0) is 23.8 Å². The molecule has 0 saturated heterocycles. The number of hydrogen-bond acceptors (Lipinski definition) is 2. The summed E-state index contributed by atoms with van der Waals surface area (Å²) < 4.78 is 0. The van der Waals surface area contributed by atoms with Crippen molar-refractivity contribution in [1.82, 2.24) is 9.97 Å². The first kappa shape index (κ1) is 11.2. The fraction of sp³-hybridized carbons (Fsp3) is 0.667. The fourth-order valence-electron chi connectivity index (χ4n) is 1.82. The van der Waals surface area contributed by atoms with Gasteiger partial charge in [-0.3, -0.25) is 0 Å².